The number of carbonyl (C=O) groups excluding carboxylic acids is 6. The molecule has 0 unspecified atom stereocenters. The molecule has 2 aliphatic heterocycles. The Morgan fingerprint density at radius 2 is 1.23 bits per heavy atom. The number of oxime groups is 1. The minimum atomic E-state index is -1.78. The summed E-state index contributed by atoms with van der Waals surface area (Å²) in [4.78, 5) is 114. The van der Waals surface area contributed by atoms with Crippen LogP contribution in [-0.2, 0) is 87.3 Å². The zero-order valence-corrected chi connectivity index (χ0v) is 61.0. The second-order valence-corrected chi connectivity index (χ2v) is 27.9. The first kappa shape index (κ1) is 76.1. The van der Waals surface area contributed by atoms with E-state index in [1.165, 1.54) is 29.2 Å². The smallest absolute Gasteiger partial charge is 0.413 e. The number of carbonyl (C=O) groups is 6. The summed E-state index contributed by atoms with van der Waals surface area (Å²) in [6.45, 7) is 15.2. The number of hydrogen-bond donors (Lipinski definition) is 2. The number of aromatic nitrogens is 2. The summed E-state index contributed by atoms with van der Waals surface area (Å²) >= 11 is 2.20. The van der Waals surface area contributed by atoms with Gasteiger partial charge in [0.05, 0.1) is 40.4 Å². The van der Waals surface area contributed by atoms with E-state index in [0.29, 0.717) is 80.8 Å². The Bertz CT molecular complexity index is 4220. The Balaban J connectivity index is 1.04. The molecule has 0 spiro atoms. The number of thiazole rings is 1. The number of β-lactam (4-membered cyclic amide) rings is 1. The van der Waals surface area contributed by atoms with Gasteiger partial charge in [0, 0.05) is 54.0 Å². The van der Waals surface area contributed by atoms with Gasteiger partial charge in [-0.3, -0.25) is 34.3 Å². The molecule has 2 aliphatic rings. The molecule has 542 valence electrons. The number of esters is 3. The summed E-state index contributed by atoms with van der Waals surface area (Å²) in [5.74, 6) is -0.868. The van der Waals surface area contributed by atoms with Gasteiger partial charge < -0.3 is 62.1 Å². The second-order valence-electron chi connectivity index (χ2n) is 26.0. The van der Waals surface area contributed by atoms with Crippen molar-refractivity contribution in [2.24, 2.45) is 5.16 Å². The first-order valence-electron chi connectivity index (χ1n) is 33.3. The van der Waals surface area contributed by atoms with Crippen molar-refractivity contribution in [1.82, 2.24) is 24.7 Å². The van der Waals surface area contributed by atoms with E-state index < -0.39 is 76.7 Å². The second kappa shape index (κ2) is 35.0. The Kier molecular flexibility index (Phi) is 26.1. The van der Waals surface area contributed by atoms with Crippen molar-refractivity contribution in [2.75, 3.05) is 52.6 Å². The van der Waals surface area contributed by atoms with Crippen LogP contribution in [0.1, 0.15) is 115 Å². The Hall–Kier alpha value is -10.1. The highest BCUT2D eigenvalue weighted by atomic mass is 32.2. The molecule has 0 aliphatic carbocycles. The van der Waals surface area contributed by atoms with E-state index in [0.717, 1.165) is 41.7 Å². The molecular formula is C75H87N7O18S2. The van der Waals surface area contributed by atoms with Crippen molar-refractivity contribution in [3.05, 3.63) is 176 Å². The van der Waals surface area contributed by atoms with Crippen LogP contribution >= 0.6 is 23.1 Å². The third-order valence-electron chi connectivity index (χ3n) is 16.0. The molecule has 4 heterocycles. The number of hydrogen-bond acceptors (Lipinski definition) is 23. The molecule has 0 saturated carbocycles. The lowest BCUT2D eigenvalue weighted by Crippen LogP contribution is -2.71. The number of methoxy groups -OCH3 is 4. The molecule has 2 aromatic heterocycles. The SMILES string of the molecule is CCCCCN(CC1=C(C(=O)OCc2ccc(OC)cc2)N2C(=O)[C@@H](NC(=O)/C(=N\O[C@@H](CC(=O)OC(C)(C)C)C(=O)OCc3ccc(OC)cc3)c3csc(NC(=O)OC(C)(C)C)n3)[C@H]2SC1)Cc1cn(CC)c2cc(OCc3ccc(OC)cc3)c(OCc3ccc(OC)cc3)cc2c1=O. The topological polar surface area (TPSA) is 282 Å². The van der Waals surface area contributed by atoms with Gasteiger partial charge in [0.2, 0.25) is 6.10 Å². The lowest BCUT2D eigenvalue weighted by atomic mass is 10.0. The number of pyridine rings is 1. The molecule has 3 amide bonds. The molecule has 2 N–H and O–H groups in total. The van der Waals surface area contributed by atoms with Crippen LogP contribution in [0.15, 0.2) is 142 Å². The zero-order chi connectivity index (χ0) is 73.3. The summed E-state index contributed by atoms with van der Waals surface area (Å²) in [5, 5.41) is 10.3. The standard InChI is InChI=1S/C75H87N7O18S2/c1-13-15-16-33-80(37-50-39-81(14-2)58-35-60(95-41-47-19-27-53(91-10)28-20-47)59(34-56(58)66(50)84)94-40-46-17-25-52(90-9)26-18-46)38-51-44-101-69-64(68(86)82(69)65(51)71(88)97-43-49-23-31-55(93-12)32-24-49)77-67(85)63(57-45-102-72(76-57)78-73(89)99-75(6,7)8)79-100-61(36-62(83)98-74(3,4)5)70(87)96-42-48-21-29-54(92-11)30-22-48/h17-32,34-35,39,45,61,64,69H,13-16,33,36-38,40-44H2,1-12H3,(H,77,85)(H,76,78,89)/b79-63-/t61-,64+,69+/m0/s1. The van der Waals surface area contributed by atoms with Gasteiger partial charge in [0.15, 0.2) is 27.8 Å². The first-order valence-corrected chi connectivity index (χ1v) is 35.2. The number of benzene rings is 5. The fourth-order valence-electron chi connectivity index (χ4n) is 10.9. The van der Waals surface area contributed by atoms with Gasteiger partial charge in [-0.1, -0.05) is 73.5 Å². The van der Waals surface area contributed by atoms with E-state index in [2.05, 4.69) is 32.6 Å². The molecule has 9 rings (SSSR count). The molecule has 0 bridgehead atoms. The summed E-state index contributed by atoms with van der Waals surface area (Å²) in [5.41, 5.74) is 1.74. The monoisotopic (exact) mass is 1440 g/mol. The predicted octanol–water partition coefficient (Wildman–Crippen LogP) is 11.7. The molecular weight excluding hydrogens is 1350 g/mol. The number of amides is 3. The van der Waals surface area contributed by atoms with E-state index in [4.69, 9.17) is 52.2 Å². The van der Waals surface area contributed by atoms with Crippen LogP contribution in [0.3, 0.4) is 0 Å². The maximum atomic E-state index is 15.2. The number of unbranched alkanes of at least 4 members (excludes halogenated alkanes) is 2. The number of nitrogens with zero attached hydrogens (tertiary/aromatic N) is 5. The fourth-order valence-corrected chi connectivity index (χ4v) is 12.9. The van der Waals surface area contributed by atoms with Crippen LogP contribution in [0.5, 0.6) is 34.5 Å². The van der Waals surface area contributed by atoms with Crippen molar-refractivity contribution < 1.29 is 81.0 Å². The van der Waals surface area contributed by atoms with Crippen molar-refractivity contribution in [3.63, 3.8) is 0 Å². The van der Waals surface area contributed by atoms with Gasteiger partial charge >= 0.3 is 24.0 Å². The van der Waals surface area contributed by atoms with E-state index in [1.54, 1.807) is 117 Å². The molecule has 0 radical (unpaired) electrons. The average molecular weight is 1440 g/mol. The van der Waals surface area contributed by atoms with Gasteiger partial charge in [-0.2, -0.15) is 0 Å². The predicted molar refractivity (Wildman–Crippen MR) is 385 cm³/mol. The maximum Gasteiger partial charge on any atom is 0.413 e. The van der Waals surface area contributed by atoms with Crippen LogP contribution in [0, 0.1) is 0 Å². The third-order valence-corrected chi connectivity index (χ3v) is 18.1. The van der Waals surface area contributed by atoms with E-state index in [-0.39, 0.29) is 67.2 Å². The van der Waals surface area contributed by atoms with Gasteiger partial charge in [-0.25, -0.2) is 19.4 Å². The lowest BCUT2D eigenvalue weighted by Gasteiger charge is -2.50. The van der Waals surface area contributed by atoms with E-state index in [9.17, 15) is 24.0 Å². The number of fused-ring (bicyclic) bond motifs is 2. The Morgan fingerprint density at radius 1 is 0.686 bits per heavy atom. The van der Waals surface area contributed by atoms with E-state index in [1.807, 2.05) is 72.3 Å². The minimum absolute atomic E-state index is 0.0184. The molecule has 102 heavy (non-hydrogen) atoms. The summed E-state index contributed by atoms with van der Waals surface area (Å²) in [7, 11) is 6.26. The van der Waals surface area contributed by atoms with Crippen molar-refractivity contribution in [1.29, 1.82) is 0 Å². The van der Waals surface area contributed by atoms with Crippen LogP contribution in [0.2, 0.25) is 0 Å². The quantitative estimate of drug-likeness (QED) is 0.00965. The zero-order valence-electron chi connectivity index (χ0n) is 59.4. The van der Waals surface area contributed by atoms with Crippen LogP contribution in [0.25, 0.3) is 10.9 Å². The van der Waals surface area contributed by atoms with Crippen molar-refractivity contribution in [3.8, 4) is 34.5 Å². The Labute approximate surface area is 600 Å². The largest absolute Gasteiger partial charge is 0.497 e. The van der Waals surface area contributed by atoms with Crippen LogP contribution in [-0.4, -0.2) is 137 Å². The van der Waals surface area contributed by atoms with Gasteiger partial charge in [-0.15, -0.1) is 23.1 Å². The average Bonchev–Trinajstić information content (AvgIpc) is 0.752. The molecule has 5 aromatic carbocycles. The van der Waals surface area contributed by atoms with Gasteiger partial charge in [0.25, 0.3) is 11.8 Å². The highest BCUT2D eigenvalue weighted by molar-refractivity contribution is 8.00. The van der Waals surface area contributed by atoms with Crippen LogP contribution in [0.4, 0.5) is 9.93 Å². The normalized spacial score (nSPS) is 14.8. The van der Waals surface area contributed by atoms with Crippen LogP contribution < -0.4 is 44.5 Å². The number of rotatable bonds is 33. The lowest BCUT2D eigenvalue weighted by molar-refractivity contribution is -0.169. The highest BCUT2D eigenvalue weighted by Crippen LogP contribution is 2.42. The fraction of sp³-hybridized carbons (Fsp3) is 0.400. The number of thioether (sulfide) groups is 1. The summed E-state index contributed by atoms with van der Waals surface area (Å²) in [6, 6.07) is 31.0. The van der Waals surface area contributed by atoms with Crippen molar-refractivity contribution in [2.45, 2.75) is 149 Å². The van der Waals surface area contributed by atoms with Gasteiger partial charge in [0.1, 0.15) is 83.4 Å². The molecule has 27 heteroatoms. The van der Waals surface area contributed by atoms with E-state index >= 15 is 9.59 Å². The number of ether oxygens (including phenoxy) is 10. The summed E-state index contributed by atoms with van der Waals surface area (Å²) < 4.78 is 59.0. The summed E-state index contributed by atoms with van der Waals surface area (Å²) in [6.07, 6.45) is 1.000. The molecule has 25 nitrogen and oxygen atoms in total. The minimum Gasteiger partial charge on any atom is -0.497 e. The first-order chi connectivity index (χ1) is 48.9. The molecule has 3 atom stereocenters. The molecule has 1 fully saturated rings. The number of anilines is 1. The van der Waals surface area contributed by atoms with Gasteiger partial charge in [-0.05, 0) is 144 Å². The molecule has 7 aromatic rings. The number of aryl methyl sites for hydroxylation is 1. The third kappa shape index (κ3) is 20.5. The highest BCUT2D eigenvalue weighted by Gasteiger charge is 2.55. The van der Waals surface area contributed by atoms with Crippen molar-refractivity contribution >= 4 is 80.7 Å². The number of nitrogens with one attached hydrogen (secondary N) is 2. The Morgan fingerprint density at radius 3 is 1.75 bits per heavy atom. The maximum absolute atomic E-state index is 15.2. The molecule has 1 saturated heterocycles.